The van der Waals surface area contributed by atoms with Gasteiger partial charge in [-0.1, -0.05) is 24.3 Å². The zero-order valence-corrected chi connectivity index (χ0v) is 13.9. The monoisotopic (exact) mass is 388 g/mol. The molecule has 3 N–H and O–H groups in total. The van der Waals surface area contributed by atoms with E-state index in [-0.39, 0.29) is 29.9 Å². The zero-order valence-electron chi connectivity index (χ0n) is 11.6. The highest BCUT2D eigenvalue weighted by Gasteiger charge is 2.02. The summed E-state index contributed by atoms with van der Waals surface area (Å²) >= 11 is 0. The van der Waals surface area contributed by atoms with Crippen LogP contribution in [-0.4, -0.2) is 38.5 Å². The minimum Gasteiger partial charge on any atom is -0.355 e. The number of carbonyl (C=O) groups excluding carboxylic acids is 1. The van der Waals surface area contributed by atoms with Crippen molar-refractivity contribution in [2.75, 3.05) is 26.7 Å². The van der Waals surface area contributed by atoms with Crippen molar-refractivity contribution in [1.29, 1.82) is 0 Å². The van der Waals surface area contributed by atoms with E-state index in [0.29, 0.717) is 31.2 Å². The van der Waals surface area contributed by atoms with Crippen molar-refractivity contribution >= 4 is 35.8 Å². The molecule has 6 heteroatoms. The van der Waals surface area contributed by atoms with Crippen molar-refractivity contribution in [1.82, 2.24) is 16.0 Å². The zero-order chi connectivity index (χ0) is 13.9. The summed E-state index contributed by atoms with van der Waals surface area (Å²) in [7, 11) is 1.70. The number of aliphatic imine (C=N–C) groups is 1. The van der Waals surface area contributed by atoms with E-state index in [1.165, 1.54) is 0 Å². The van der Waals surface area contributed by atoms with Gasteiger partial charge in [-0.3, -0.25) is 9.79 Å². The van der Waals surface area contributed by atoms with Gasteiger partial charge in [0.15, 0.2) is 5.96 Å². The number of rotatable bonds is 6. The average Bonchev–Trinajstić information content (AvgIpc) is 2.47. The van der Waals surface area contributed by atoms with Gasteiger partial charge in [0.05, 0.1) is 0 Å². The number of carbonyl (C=O) groups is 1. The first-order valence-corrected chi connectivity index (χ1v) is 6.16. The lowest BCUT2D eigenvalue weighted by molar-refractivity contribution is 0.0954. The Balaban J connectivity index is 0.00000361. The first kappa shape index (κ1) is 18.4. The van der Waals surface area contributed by atoms with E-state index in [1.54, 1.807) is 25.3 Å². The van der Waals surface area contributed by atoms with E-state index in [4.69, 9.17) is 0 Å². The fraction of sp³-hybridized carbons (Fsp3) is 0.286. The lowest BCUT2D eigenvalue weighted by Gasteiger charge is -2.11. The molecular formula is C14H21IN4O. The van der Waals surface area contributed by atoms with Crippen LogP contribution in [-0.2, 0) is 0 Å². The van der Waals surface area contributed by atoms with Crippen molar-refractivity contribution in [3.63, 3.8) is 0 Å². The molecular weight excluding hydrogens is 367 g/mol. The van der Waals surface area contributed by atoms with Crippen molar-refractivity contribution in [2.45, 2.75) is 0 Å². The third-order valence-corrected chi connectivity index (χ3v) is 2.38. The van der Waals surface area contributed by atoms with Gasteiger partial charge in [-0.15, -0.1) is 30.6 Å². The Labute approximate surface area is 137 Å². The predicted octanol–water partition coefficient (Wildman–Crippen LogP) is 1.39. The minimum atomic E-state index is -0.0727. The van der Waals surface area contributed by atoms with Gasteiger partial charge in [0.1, 0.15) is 0 Å². The maximum atomic E-state index is 11.7. The van der Waals surface area contributed by atoms with Gasteiger partial charge in [-0.05, 0) is 12.1 Å². The van der Waals surface area contributed by atoms with Crippen LogP contribution in [0.4, 0.5) is 0 Å². The quantitative estimate of drug-likeness (QED) is 0.227. The molecule has 1 rings (SSSR count). The predicted molar refractivity (Wildman–Crippen MR) is 93.8 cm³/mol. The molecule has 1 aromatic rings. The van der Waals surface area contributed by atoms with Crippen molar-refractivity contribution in [3.05, 3.63) is 48.6 Å². The summed E-state index contributed by atoms with van der Waals surface area (Å²) in [5.41, 5.74) is 0.664. The third kappa shape index (κ3) is 7.13. The molecule has 0 atom stereocenters. The standard InChI is InChI=1S/C14H20N4O.HI/c1-3-9-17-14(15-2)18-11-10-16-13(19)12-7-5-4-6-8-12;/h3-8H,1,9-11H2,2H3,(H,16,19)(H2,15,17,18);1H. The lowest BCUT2D eigenvalue weighted by atomic mass is 10.2. The van der Waals surface area contributed by atoms with E-state index in [1.807, 2.05) is 18.2 Å². The van der Waals surface area contributed by atoms with Crippen LogP contribution in [0.5, 0.6) is 0 Å². The van der Waals surface area contributed by atoms with Gasteiger partial charge < -0.3 is 16.0 Å². The molecule has 0 saturated heterocycles. The second-order valence-electron chi connectivity index (χ2n) is 3.79. The van der Waals surface area contributed by atoms with Gasteiger partial charge in [0.25, 0.3) is 5.91 Å². The van der Waals surface area contributed by atoms with Gasteiger partial charge in [-0.2, -0.15) is 0 Å². The molecule has 0 spiro atoms. The topological polar surface area (TPSA) is 65.5 Å². The summed E-state index contributed by atoms with van der Waals surface area (Å²) in [6.45, 7) is 5.40. The molecule has 0 fully saturated rings. The molecule has 110 valence electrons. The smallest absolute Gasteiger partial charge is 0.251 e. The number of halogens is 1. The highest BCUT2D eigenvalue weighted by Crippen LogP contribution is 1.96. The van der Waals surface area contributed by atoms with Crippen LogP contribution in [0, 0.1) is 0 Å². The van der Waals surface area contributed by atoms with Crippen LogP contribution < -0.4 is 16.0 Å². The first-order chi connectivity index (χ1) is 9.27. The minimum absolute atomic E-state index is 0. The Morgan fingerprint density at radius 3 is 2.45 bits per heavy atom. The summed E-state index contributed by atoms with van der Waals surface area (Å²) in [5.74, 6) is 0.616. The molecule has 0 saturated carbocycles. The highest BCUT2D eigenvalue weighted by molar-refractivity contribution is 14.0. The van der Waals surface area contributed by atoms with Crippen molar-refractivity contribution < 1.29 is 4.79 Å². The number of amides is 1. The number of hydrogen-bond acceptors (Lipinski definition) is 2. The summed E-state index contributed by atoms with van der Waals surface area (Å²) in [6, 6.07) is 9.14. The van der Waals surface area contributed by atoms with Gasteiger partial charge in [-0.25, -0.2) is 0 Å². The van der Waals surface area contributed by atoms with Crippen LogP contribution >= 0.6 is 24.0 Å². The normalized spacial score (nSPS) is 10.2. The molecule has 0 aliphatic carbocycles. The fourth-order valence-electron chi connectivity index (χ4n) is 1.44. The second-order valence-corrected chi connectivity index (χ2v) is 3.79. The maximum absolute atomic E-state index is 11.7. The summed E-state index contributed by atoms with van der Waals surface area (Å²) < 4.78 is 0. The fourth-order valence-corrected chi connectivity index (χ4v) is 1.44. The molecule has 0 heterocycles. The Morgan fingerprint density at radius 1 is 1.20 bits per heavy atom. The molecule has 1 aromatic carbocycles. The molecule has 0 aliphatic heterocycles. The van der Waals surface area contributed by atoms with Gasteiger partial charge >= 0.3 is 0 Å². The Hall–Kier alpha value is -1.57. The lowest BCUT2D eigenvalue weighted by Crippen LogP contribution is -2.41. The van der Waals surface area contributed by atoms with Gasteiger partial charge in [0.2, 0.25) is 0 Å². The van der Waals surface area contributed by atoms with E-state index in [9.17, 15) is 4.79 Å². The SMILES string of the molecule is C=CCNC(=NC)NCCNC(=O)c1ccccc1.I. The Bertz CT molecular complexity index is 434. The largest absolute Gasteiger partial charge is 0.355 e. The Kier molecular flexibility index (Phi) is 10.4. The first-order valence-electron chi connectivity index (χ1n) is 6.16. The van der Waals surface area contributed by atoms with Crippen LogP contribution in [0.3, 0.4) is 0 Å². The molecule has 0 aliphatic rings. The van der Waals surface area contributed by atoms with Crippen LogP contribution in [0.15, 0.2) is 48.0 Å². The molecule has 20 heavy (non-hydrogen) atoms. The average molecular weight is 388 g/mol. The van der Waals surface area contributed by atoms with Crippen molar-refractivity contribution in [3.8, 4) is 0 Å². The van der Waals surface area contributed by atoms with E-state index >= 15 is 0 Å². The number of hydrogen-bond donors (Lipinski definition) is 3. The molecule has 0 unspecified atom stereocenters. The third-order valence-electron chi connectivity index (χ3n) is 2.38. The van der Waals surface area contributed by atoms with E-state index < -0.39 is 0 Å². The summed E-state index contributed by atoms with van der Waals surface area (Å²) in [6.07, 6.45) is 1.75. The van der Waals surface area contributed by atoms with Crippen molar-refractivity contribution in [2.24, 2.45) is 4.99 Å². The van der Waals surface area contributed by atoms with Crippen LogP contribution in [0.2, 0.25) is 0 Å². The van der Waals surface area contributed by atoms with E-state index in [2.05, 4.69) is 27.5 Å². The van der Waals surface area contributed by atoms with E-state index in [0.717, 1.165) is 0 Å². The number of nitrogens with one attached hydrogen (secondary N) is 3. The Morgan fingerprint density at radius 2 is 1.85 bits per heavy atom. The summed E-state index contributed by atoms with van der Waals surface area (Å²) in [5, 5.41) is 8.96. The number of guanidine groups is 1. The summed E-state index contributed by atoms with van der Waals surface area (Å²) in [4.78, 5) is 15.8. The maximum Gasteiger partial charge on any atom is 0.251 e. The van der Waals surface area contributed by atoms with Crippen LogP contribution in [0.25, 0.3) is 0 Å². The molecule has 0 bridgehead atoms. The van der Waals surface area contributed by atoms with Gasteiger partial charge in [0, 0.05) is 32.2 Å². The molecule has 1 amide bonds. The number of benzene rings is 1. The highest BCUT2D eigenvalue weighted by atomic mass is 127. The second kappa shape index (κ2) is 11.3. The molecule has 0 radical (unpaired) electrons. The number of nitrogens with zero attached hydrogens (tertiary/aromatic N) is 1. The van der Waals surface area contributed by atoms with Crippen LogP contribution in [0.1, 0.15) is 10.4 Å². The molecule has 5 nitrogen and oxygen atoms in total. The molecule has 0 aromatic heterocycles.